The van der Waals surface area contributed by atoms with Gasteiger partial charge in [-0.2, -0.15) is 0 Å². The molecule has 0 radical (unpaired) electrons. The number of hydrogen-bond acceptors (Lipinski definition) is 3. The largest absolute Gasteiger partial charge is 0.508 e. The predicted octanol–water partition coefficient (Wildman–Crippen LogP) is 3.79. The van der Waals surface area contributed by atoms with Crippen LogP contribution in [0, 0.1) is 0 Å². The normalized spacial score (nSPS) is 27.9. The molecule has 122 valence electrons. The van der Waals surface area contributed by atoms with Gasteiger partial charge in [0.05, 0.1) is 0 Å². The number of anilines is 1. The van der Waals surface area contributed by atoms with Crippen LogP contribution in [0.5, 0.6) is 5.75 Å². The zero-order chi connectivity index (χ0) is 16.3. The monoisotopic (exact) mass is 318 g/mol. The summed E-state index contributed by atoms with van der Waals surface area (Å²) in [6.07, 6.45) is 3.68. The van der Waals surface area contributed by atoms with Crippen molar-refractivity contribution < 1.29 is 5.11 Å². The molecule has 2 aliphatic heterocycles. The number of nitrogens with zero attached hydrogens (tertiary/aromatic N) is 1. The molecular weight excluding hydrogens is 296 g/mol. The lowest BCUT2D eigenvalue weighted by Crippen LogP contribution is -2.42. The van der Waals surface area contributed by atoms with Gasteiger partial charge in [0, 0.05) is 36.7 Å². The summed E-state index contributed by atoms with van der Waals surface area (Å²) in [6.45, 7) is 2.11. The van der Waals surface area contributed by atoms with Crippen molar-refractivity contribution >= 4 is 11.3 Å². The van der Waals surface area contributed by atoms with Crippen LogP contribution in [-0.2, 0) is 0 Å². The lowest BCUT2D eigenvalue weighted by atomic mass is 9.74. The molecule has 3 atom stereocenters. The van der Waals surface area contributed by atoms with Crippen LogP contribution in [-0.4, -0.2) is 36.2 Å². The van der Waals surface area contributed by atoms with Gasteiger partial charge in [-0.25, -0.2) is 0 Å². The average Bonchev–Trinajstić information content (AvgIpc) is 3.01. The molecule has 0 aromatic heterocycles. The molecule has 2 N–H and O–H groups in total. The molecule has 0 saturated heterocycles. The molecule has 24 heavy (non-hydrogen) atoms. The predicted molar refractivity (Wildman–Crippen MR) is 97.5 cm³/mol. The molecule has 2 aromatic rings. The molecular formula is C21H22N2O. The Balaban J connectivity index is 1.62. The maximum atomic E-state index is 9.56. The van der Waals surface area contributed by atoms with E-state index < -0.39 is 0 Å². The molecule has 0 spiro atoms. The van der Waals surface area contributed by atoms with Crippen LogP contribution < -0.4 is 5.32 Å². The SMILES string of the molecule is CN1CC(c2ccc(O)cc2)C=C2c3cccc4c3[C@@H](CN4)C[C@H]21. The van der Waals surface area contributed by atoms with E-state index in [1.807, 2.05) is 12.1 Å². The Bertz CT molecular complexity index is 824. The summed E-state index contributed by atoms with van der Waals surface area (Å²) >= 11 is 0. The van der Waals surface area contributed by atoms with E-state index in [9.17, 15) is 5.11 Å². The summed E-state index contributed by atoms with van der Waals surface area (Å²) in [4.78, 5) is 2.51. The summed E-state index contributed by atoms with van der Waals surface area (Å²) in [7, 11) is 2.25. The maximum Gasteiger partial charge on any atom is 0.115 e. The van der Waals surface area contributed by atoms with Crippen molar-refractivity contribution in [3.8, 4) is 5.75 Å². The second-order valence-corrected chi connectivity index (χ2v) is 7.36. The summed E-state index contributed by atoms with van der Waals surface area (Å²) in [6, 6.07) is 14.9. The molecule has 5 rings (SSSR count). The van der Waals surface area contributed by atoms with Crippen LogP contribution >= 0.6 is 0 Å². The topological polar surface area (TPSA) is 35.5 Å². The minimum Gasteiger partial charge on any atom is -0.508 e. The van der Waals surface area contributed by atoms with Crippen molar-refractivity contribution in [2.75, 3.05) is 25.5 Å². The van der Waals surface area contributed by atoms with Gasteiger partial charge in [0.25, 0.3) is 0 Å². The Morgan fingerprint density at radius 2 is 1.96 bits per heavy atom. The Labute approximate surface area is 142 Å². The Kier molecular flexibility index (Phi) is 3.01. The van der Waals surface area contributed by atoms with Gasteiger partial charge in [-0.1, -0.05) is 30.3 Å². The lowest BCUT2D eigenvalue weighted by Gasteiger charge is -2.42. The van der Waals surface area contributed by atoms with E-state index in [0.29, 0.717) is 23.6 Å². The third-order valence-corrected chi connectivity index (χ3v) is 5.95. The van der Waals surface area contributed by atoms with Gasteiger partial charge in [0.15, 0.2) is 0 Å². The number of likely N-dealkylation sites (N-methyl/N-ethyl adjacent to an activating group) is 1. The Morgan fingerprint density at radius 1 is 1.12 bits per heavy atom. The van der Waals surface area contributed by atoms with Crippen LogP contribution in [0.15, 0.2) is 48.5 Å². The minimum atomic E-state index is 0.334. The van der Waals surface area contributed by atoms with Gasteiger partial charge in [-0.3, -0.25) is 4.90 Å². The summed E-state index contributed by atoms with van der Waals surface area (Å²) < 4.78 is 0. The first-order chi connectivity index (χ1) is 11.7. The fourth-order valence-electron chi connectivity index (χ4n) is 4.77. The van der Waals surface area contributed by atoms with Gasteiger partial charge in [-0.15, -0.1) is 0 Å². The van der Waals surface area contributed by atoms with Crippen LogP contribution in [0.2, 0.25) is 0 Å². The molecule has 3 heteroatoms. The maximum absolute atomic E-state index is 9.56. The van der Waals surface area contributed by atoms with E-state index in [4.69, 9.17) is 0 Å². The van der Waals surface area contributed by atoms with Crippen molar-refractivity contribution in [1.82, 2.24) is 4.90 Å². The summed E-state index contributed by atoms with van der Waals surface area (Å²) in [5, 5.41) is 13.1. The molecule has 1 unspecified atom stereocenters. The molecule has 3 aliphatic rings. The molecule has 2 heterocycles. The molecule has 0 fully saturated rings. The van der Waals surface area contributed by atoms with E-state index in [1.54, 1.807) is 12.1 Å². The van der Waals surface area contributed by atoms with Gasteiger partial charge in [0.1, 0.15) is 5.75 Å². The van der Waals surface area contributed by atoms with Crippen LogP contribution in [0.3, 0.4) is 0 Å². The molecule has 2 aromatic carbocycles. The number of benzene rings is 2. The van der Waals surface area contributed by atoms with Crippen molar-refractivity contribution in [3.05, 3.63) is 65.2 Å². The fraction of sp³-hybridized carbons (Fsp3) is 0.333. The molecule has 3 nitrogen and oxygen atoms in total. The van der Waals surface area contributed by atoms with E-state index in [1.165, 1.54) is 34.4 Å². The fourth-order valence-corrected chi connectivity index (χ4v) is 4.77. The molecule has 1 aliphatic carbocycles. The second kappa shape index (κ2) is 5.12. The molecule has 0 amide bonds. The number of phenols is 1. The highest BCUT2D eigenvalue weighted by molar-refractivity contribution is 5.81. The van der Waals surface area contributed by atoms with E-state index >= 15 is 0 Å². The van der Waals surface area contributed by atoms with E-state index in [-0.39, 0.29) is 0 Å². The number of phenolic OH excluding ortho intramolecular Hbond substituents is 1. The first-order valence-corrected chi connectivity index (χ1v) is 8.79. The highest BCUT2D eigenvalue weighted by Gasteiger charge is 2.39. The third kappa shape index (κ3) is 2.01. The molecule has 0 saturated carbocycles. The molecule has 0 bridgehead atoms. The second-order valence-electron chi connectivity index (χ2n) is 7.36. The summed E-state index contributed by atoms with van der Waals surface area (Å²) in [5.74, 6) is 1.36. The zero-order valence-corrected chi connectivity index (χ0v) is 13.9. The number of rotatable bonds is 1. The number of nitrogens with one attached hydrogen (secondary N) is 1. The minimum absolute atomic E-state index is 0.334. The average molecular weight is 318 g/mol. The number of aromatic hydroxyl groups is 1. The van der Waals surface area contributed by atoms with Crippen LogP contribution in [0.4, 0.5) is 5.69 Å². The van der Waals surface area contributed by atoms with Crippen molar-refractivity contribution in [2.24, 2.45) is 0 Å². The van der Waals surface area contributed by atoms with E-state index in [0.717, 1.165) is 13.1 Å². The number of fused-ring (bicyclic) bond motifs is 2. The standard InChI is InChI=1S/C21H22N2O/c1-23-12-15(13-5-7-16(24)8-6-13)9-18-17-3-2-4-19-21(17)14(11-22-19)10-20(18)23/h2-9,14-15,20,22,24H,10-12H2,1H3/t14-,15?,20-/m1/s1. The highest BCUT2D eigenvalue weighted by Crippen LogP contribution is 2.49. The Morgan fingerprint density at radius 3 is 2.79 bits per heavy atom. The van der Waals surface area contributed by atoms with Gasteiger partial charge in [-0.05, 0) is 53.9 Å². The quantitative estimate of drug-likeness (QED) is 0.840. The first-order valence-electron chi connectivity index (χ1n) is 8.79. The van der Waals surface area contributed by atoms with Gasteiger partial charge < -0.3 is 10.4 Å². The summed E-state index contributed by atoms with van der Waals surface area (Å²) in [5.41, 5.74) is 7.05. The lowest BCUT2D eigenvalue weighted by molar-refractivity contribution is 0.247. The van der Waals surface area contributed by atoms with Crippen molar-refractivity contribution in [1.29, 1.82) is 0 Å². The highest BCUT2D eigenvalue weighted by atomic mass is 16.3. The van der Waals surface area contributed by atoms with E-state index in [2.05, 4.69) is 41.5 Å². The number of hydrogen-bond donors (Lipinski definition) is 2. The first kappa shape index (κ1) is 14.1. The Hall–Kier alpha value is -2.26. The van der Waals surface area contributed by atoms with Gasteiger partial charge in [0.2, 0.25) is 0 Å². The van der Waals surface area contributed by atoms with Gasteiger partial charge >= 0.3 is 0 Å². The smallest absolute Gasteiger partial charge is 0.115 e. The van der Waals surface area contributed by atoms with Crippen LogP contribution in [0.1, 0.15) is 34.9 Å². The third-order valence-electron chi connectivity index (χ3n) is 5.95. The van der Waals surface area contributed by atoms with Crippen molar-refractivity contribution in [3.63, 3.8) is 0 Å². The zero-order valence-electron chi connectivity index (χ0n) is 13.9. The van der Waals surface area contributed by atoms with Crippen molar-refractivity contribution in [2.45, 2.75) is 24.3 Å². The van der Waals surface area contributed by atoms with Crippen LogP contribution in [0.25, 0.3) is 5.57 Å².